The van der Waals surface area contributed by atoms with Crippen LogP contribution in [0.3, 0.4) is 0 Å². The van der Waals surface area contributed by atoms with Gasteiger partial charge >= 0.3 is 12.0 Å². The molecule has 20 heavy (non-hydrogen) atoms. The molecule has 1 heterocycles. The van der Waals surface area contributed by atoms with Crippen molar-refractivity contribution < 1.29 is 23.8 Å². The zero-order valence-electron chi connectivity index (χ0n) is 11.3. The molecule has 0 aromatic heterocycles. The van der Waals surface area contributed by atoms with Crippen LogP contribution in [0.5, 0.6) is 11.5 Å². The van der Waals surface area contributed by atoms with Gasteiger partial charge in [-0.2, -0.15) is 0 Å². The number of nitrogens with zero attached hydrogens (tertiary/aromatic N) is 1. The lowest BCUT2D eigenvalue weighted by Crippen LogP contribution is -2.36. The standard InChI is InChI=1S/C13H16N2O5/c1-3-18-12(16)7-15(2)13(17)14-9-4-5-10-11(6-9)20-8-19-10/h4-6H,3,7-8H2,1-2H3,(H,14,17). The summed E-state index contributed by atoms with van der Waals surface area (Å²) in [6, 6.07) is 4.67. The second-order valence-corrected chi connectivity index (χ2v) is 4.16. The first-order chi connectivity index (χ1) is 9.60. The number of likely N-dealkylation sites (N-methyl/N-ethyl adjacent to an activating group) is 1. The molecule has 1 aliphatic rings. The number of carbonyl (C=O) groups is 2. The minimum absolute atomic E-state index is 0.107. The van der Waals surface area contributed by atoms with Gasteiger partial charge in [-0.25, -0.2) is 4.79 Å². The average molecular weight is 280 g/mol. The maximum absolute atomic E-state index is 11.9. The third kappa shape index (κ3) is 3.31. The van der Waals surface area contributed by atoms with E-state index in [1.54, 1.807) is 25.1 Å². The fourth-order valence-electron chi connectivity index (χ4n) is 1.67. The number of anilines is 1. The van der Waals surface area contributed by atoms with Crippen molar-refractivity contribution in [2.75, 3.05) is 32.3 Å². The molecular weight excluding hydrogens is 264 g/mol. The van der Waals surface area contributed by atoms with Crippen molar-refractivity contribution in [1.82, 2.24) is 4.90 Å². The van der Waals surface area contributed by atoms with Gasteiger partial charge in [-0.3, -0.25) is 4.79 Å². The summed E-state index contributed by atoms with van der Waals surface area (Å²) < 4.78 is 15.2. The van der Waals surface area contributed by atoms with Crippen molar-refractivity contribution in [3.05, 3.63) is 18.2 Å². The monoisotopic (exact) mass is 280 g/mol. The highest BCUT2D eigenvalue weighted by Gasteiger charge is 2.16. The number of esters is 1. The number of ether oxygens (including phenoxy) is 3. The first kappa shape index (κ1) is 14.0. The minimum atomic E-state index is -0.448. The zero-order chi connectivity index (χ0) is 14.5. The van der Waals surface area contributed by atoms with Crippen molar-refractivity contribution in [1.29, 1.82) is 0 Å². The molecule has 0 bridgehead atoms. The molecule has 0 aliphatic carbocycles. The van der Waals surface area contributed by atoms with Gasteiger partial charge in [0.05, 0.1) is 6.61 Å². The Labute approximate surface area is 116 Å². The topological polar surface area (TPSA) is 77.1 Å². The minimum Gasteiger partial charge on any atom is -0.465 e. The van der Waals surface area contributed by atoms with Crippen LogP contribution < -0.4 is 14.8 Å². The highest BCUT2D eigenvalue weighted by molar-refractivity contribution is 5.91. The molecular formula is C13H16N2O5. The van der Waals surface area contributed by atoms with Gasteiger partial charge in [0.2, 0.25) is 6.79 Å². The number of urea groups is 1. The number of fused-ring (bicyclic) bond motifs is 1. The quantitative estimate of drug-likeness (QED) is 0.844. The number of benzene rings is 1. The molecule has 7 heteroatoms. The first-order valence-electron chi connectivity index (χ1n) is 6.17. The van der Waals surface area contributed by atoms with E-state index in [9.17, 15) is 9.59 Å². The summed E-state index contributed by atoms with van der Waals surface area (Å²) in [6.45, 7) is 2.07. The molecule has 0 spiro atoms. The van der Waals surface area contributed by atoms with Crippen molar-refractivity contribution in [2.24, 2.45) is 0 Å². The van der Waals surface area contributed by atoms with Crippen LogP contribution in [-0.4, -0.2) is 43.9 Å². The fraction of sp³-hybridized carbons (Fsp3) is 0.385. The smallest absolute Gasteiger partial charge is 0.325 e. The van der Waals surface area contributed by atoms with Crippen LogP contribution in [0.4, 0.5) is 10.5 Å². The molecule has 0 saturated carbocycles. The summed E-state index contributed by atoms with van der Waals surface area (Å²) in [4.78, 5) is 24.4. The Morgan fingerprint density at radius 3 is 2.85 bits per heavy atom. The molecule has 0 saturated heterocycles. The summed E-state index contributed by atoms with van der Waals surface area (Å²) in [6.07, 6.45) is 0. The van der Waals surface area contributed by atoms with Crippen LogP contribution >= 0.6 is 0 Å². The number of amides is 2. The van der Waals surface area contributed by atoms with E-state index < -0.39 is 12.0 Å². The number of hydrogen-bond donors (Lipinski definition) is 1. The van der Waals surface area contributed by atoms with E-state index in [1.165, 1.54) is 11.9 Å². The van der Waals surface area contributed by atoms with E-state index in [1.807, 2.05) is 0 Å². The summed E-state index contributed by atoms with van der Waals surface area (Å²) in [5, 5.41) is 2.66. The summed E-state index contributed by atoms with van der Waals surface area (Å²) in [7, 11) is 1.51. The molecule has 1 aliphatic heterocycles. The summed E-state index contributed by atoms with van der Waals surface area (Å²) >= 11 is 0. The van der Waals surface area contributed by atoms with E-state index in [2.05, 4.69) is 5.32 Å². The largest absolute Gasteiger partial charge is 0.465 e. The Bertz CT molecular complexity index is 517. The van der Waals surface area contributed by atoms with E-state index >= 15 is 0 Å². The number of carbonyl (C=O) groups excluding carboxylic acids is 2. The maximum atomic E-state index is 11.9. The van der Waals surface area contributed by atoms with Crippen molar-refractivity contribution in [2.45, 2.75) is 6.92 Å². The van der Waals surface area contributed by atoms with Crippen LogP contribution in [0.15, 0.2) is 18.2 Å². The first-order valence-corrected chi connectivity index (χ1v) is 6.17. The van der Waals surface area contributed by atoms with Gasteiger partial charge in [0, 0.05) is 18.8 Å². The van der Waals surface area contributed by atoms with Crippen LogP contribution in [0.25, 0.3) is 0 Å². The SMILES string of the molecule is CCOC(=O)CN(C)C(=O)Nc1ccc2c(c1)OCO2. The lowest BCUT2D eigenvalue weighted by Gasteiger charge is -2.17. The van der Waals surface area contributed by atoms with Crippen LogP contribution in [0, 0.1) is 0 Å². The predicted molar refractivity (Wildman–Crippen MR) is 70.8 cm³/mol. The Kier molecular flexibility index (Phi) is 4.29. The maximum Gasteiger partial charge on any atom is 0.325 e. The third-order valence-electron chi connectivity index (χ3n) is 2.64. The predicted octanol–water partition coefficient (Wildman–Crippen LogP) is 1.44. The Morgan fingerprint density at radius 2 is 2.10 bits per heavy atom. The van der Waals surface area contributed by atoms with Crippen molar-refractivity contribution in [3.63, 3.8) is 0 Å². The van der Waals surface area contributed by atoms with Gasteiger partial charge in [-0.05, 0) is 19.1 Å². The molecule has 1 aromatic carbocycles. The van der Waals surface area contributed by atoms with Gasteiger partial charge in [0.1, 0.15) is 6.54 Å². The average Bonchev–Trinajstić information content (AvgIpc) is 2.86. The summed E-state index contributed by atoms with van der Waals surface area (Å²) in [5.74, 6) is 0.773. The Morgan fingerprint density at radius 1 is 1.35 bits per heavy atom. The lowest BCUT2D eigenvalue weighted by molar-refractivity contribution is -0.143. The zero-order valence-corrected chi connectivity index (χ0v) is 11.3. The number of nitrogens with one attached hydrogen (secondary N) is 1. The second-order valence-electron chi connectivity index (χ2n) is 4.16. The van der Waals surface area contributed by atoms with Crippen LogP contribution in [0.2, 0.25) is 0 Å². The number of hydrogen-bond acceptors (Lipinski definition) is 5. The van der Waals surface area contributed by atoms with Crippen molar-refractivity contribution in [3.8, 4) is 11.5 Å². The molecule has 0 fully saturated rings. The van der Waals surface area contributed by atoms with E-state index in [-0.39, 0.29) is 19.9 Å². The van der Waals surface area contributed by atoms with Gasteiger partial charge in [0.25, 0.3) is 0 Å². The third-order valence-corrected chi connectivity index (χ3v) is 2.64. The Hall–Kier alpha value is -2.44. The molecule has 108 valence electrons. The molecule has 1 N–H and O–H groups in total. The van der Waals surface area contributed by atoms with Crippen LogP contribution in [-0.2, 0) is 9.53 Å². The molecule has 0 atom stereocenters. The van der Waals surface area contributed by atoms with E-state index in [0.29, 0.717) is 17.2 Å². The number of rotatable bonds is 4. The molecule has 1 aromatic rings. The van der Waals surface area contributed by atoms with Crippen LogP contribution in [0.1, 0.15) is 6.92 Å². The van der Waals surface area contributed by atoms with Gasteiger partial charge in [-0.15, -0.1) is 0 Å². The van der Waals surface area contributed by atoms with Gasteiger partial charge in [-0.1, -0.05) is 0 Å². The van der Waals surface area contributed by atoms with Crippen molar-refractivity contribution >= 4 is 17.7 Å². The second kappa shape index (κ2) is 6.14. The molecule has 2 amide bonds. The van der Waals surface area contributed by atoms with Gasteiger partial charge in [0.15, 0.2) is 11.5 Å². The molecule has 7 nitrogen and oxygen atoms in total. The fourth-order valence-corrected chi connectivity index (χ4v) is 1.67. The molecule has 0 unspecified atom stereocenters. The van der Waals surface area contributed by atoms with E-state index in [0.717, 1.165) is 0 Å². The summed E-state index contributed by atoms with van der Waals surface area (Å²) in [5.41, 5.74) is 0.565. The molecule has 2 rings (SSSR count). The van der Waals surface area contributed by atoms with Gasteiger partial charge < -0.3 is 24.4 Å². The highest BCUT2D eigenvalue weighted by Crippen LogP contribution is 2.34. The highest BCUT2D eigenvalue weighted by atomic mass is 16.7. The lowest BCUT2D eigenvalue weighted by atomic mass is 10.3. The molecule has 0 radical (unpaired) electrons. The normalized spacial score (nSPS) is 11.9. The Balaban J connectivity index is 1.92. The van der Waals surface area contributed by atoms with E-state index in [4.69, 9.17) is 14.2 Å².